The number of morpholine rings is 1. The van der Waals surface area contributed by atoms with Gasteiger partial charge in [0.1, 0.15) is 11.9 Å². The van der Waals surface area contributed by atoms with Crippen LogP contribution in [0.1, 0.15) is 12.6 Å². The van der Waals surface area contributed by atoms with Crippen molar-refractivity contribution in [1.82, 2.24) is 15.1 Å². The number of nitrogens with zero attached hydrogens (tertiary/aromatic N) is 3. The number of carbonyl (C=O) groups excluding carboxylic acids is 1. The zero-order valence-electron chi connectivity index (χ0n) is 10.7. The Morgan fingerprint density at radius 2 is 2.11 bits per heavy atom. The number of aryl methyl sites for hydroxylation is 1. The summed E-state index contributed by atoms with van der Waals surface area (Å²) in [5.74, 6) is 0.690. The number of carbonyl (C=O) groups is 1. The molecule has 1 aliphatic heterocycles. The minimum Gasteiger partial charge on any atom is -0.378 e. The lowest BCUT2D eigenvalue weighted by Gasteiger charge is -2.29. The second-order valence-electron chi connectivity index (χ2n) is 4.36. The van der Waals surface area contributed by atoms with Crippen LogP contribution in [0.3, 0.4) is 0 Å². The fraction of sp³-hybridized carbons (Fsp3) is 0.583. The van der Waals surface area contributed by atoms with E-state index >= 15 is 0 Å². The van der Waals surface area contributed by atoms with Crippen LogP contribution < -0.4 is 5.32 Å². The highest BCUT2D eigenvalue weighted by Gasteiger charge is 2.22. The Bertz CT molecular complexity index is 401. The Morgan fingerprint density at radius 1 is 1.39 bits per heavy atom. The topological polar surface area (TPSA) is 67.4 Å². The summed E-state index contributed by atoms with van der Waals surface area (Å²) < 4.78 is 5.22. The number of hydrogen-bond donors (Lipinski definition) is 1. The van der Waals surface area contributed by atoms with Crippen LogP contribution in [-0.4, -0.2) is 53.3 Å². The third kappa shape index (κ3) is 3.16. The molecule has 1 N–H and O–H groups in total. The highest BCUT2D eigenvalue weighted by atomic mass is 16.5. The number of hydrogen-bond acceptors (Lipinski definition) is 5. The zero-order chi connectivity index (χ0) is 13.0. The fourth-order valence-electron chi connectivity index (χ4n) is 1.82. The summed E-state index contributed by atoms with van der Waals surface area (Å²) in [4.78, 5) is 13.9. The van der Waals surface area contributed by atoms with Crippen molar-refractivity contribution in [2.24, 2.45) is 0 Å². The van der Waals surface area contributed by atoms with Crippen LogP contribution in [-0.2, 0) is 9.53 Å². The molecule has 1 fully saturated rings. The maximum atomic E-state index is 12.1. The molecule has 0 radical (unpaired) electrons. The smallest absolute Gasteiger partial charge is 0.244 e. The van der Waals surface area contributed by atoms with Crippen LogP contribution in [0.15, 0.2) is 12.1 Å². The fourth-order valence-corrected chi connectivity index (χ4v) is 1.82. The summed E-state index contributed by atoms with van der Waals surface area (Å²) >= 11 is 0. The zero-order valence-corrected chi connectivity index (χ0v) is 10.7. The van der Waals surface area contributed by atoms with E-state index in [4.69, 9.17) is 4.74 Å². The Hall–Kier alpha value is -1.69. The van der Waals surface area contributed by atoms with Crippen LogP contribution in [0.25, 0.3) is 0 Å². The molecule has 0 bridgehead atoms. The minimum absolute atomic E-state index is 0.0701. The first kappa shape index (κ1) is 12.8. The van der Waals surface area contributed by atoms with Crippen LogP contribution in [0.4, 0.5) is 5.82 Å². The lowest BCUT2D eigenvalue weighted by Crippen LogP contribution is -2.47. The molecular formula is C12H18N4O2. The molecule has 1 aromatic heterocycles. The van der Waals surface area contributed by atoms with Crippen molar-refractivity contribution in [3.63, 3.8) is 0 Å². The van der Waals surface area contributed by atoms with Gasteiger partial charge in [0.2, 0.25) is 5.91 Å². The van der Waals surface area contributed by atoms with E-state index in [9.17, 15) is 4.79 Å². The van der Waals surface area contributed by atoms with Gasteiger partial charge in [-0.25, -0.2) is 0 Å². The normalized spacial score (nSPS) is 17.3. The van der Waals surface area contributed by atoms with E-state index in [1.807, 2.05) is 30.9 Å². The molecule has 1 amide bonds. The van der Waals surface area contributed by atoms with Gasteiger partial charge in [0.05, 0.1) is 18.9 Å². The number of amides is 1. The lowest BCUT2D eigenvalue weighted by atomic mass is 10.2. The summed E-state index contributed by atoms with van der Waals surface area (Å²) in [5.41, 5.74) is 0.854. The monoisotopic (exact) mass is 250 g/mol. The second-order valence-corrected chi connectivity index (χ2v) is 4.36. The van der Waals surface area contributed by atoms with Gasteiger partial charge < -0.3 is 15.0 Å². The van der Waals surface area contributed by atoms with Crippen LogP contribution in [0.5, 0.6) is 0 Å². The Balaban J connectivity index is 1.92. The molecule has 0 aliphatic carbocycles. The van der Waals surface area contributed by atoms with Crippen LogP contribution in [0.2, 0.25) is 0 Å². The number of aromatic nitrogens is 2. The average Bonchev–Trinajstić information content (AvgIpc) is 2.41. The van der Waals surface area contributed by atoms with E-state index in [-0.39, 0.29) is 11.9 Å². The Labute approximate surface area is 106 Å². The van der Waals surface area contributed by atoms with Crippen molar-refractivity contribution in [3.8, 4) is 0 Å². The molecule has 98 valence electrons. The first-order valence-electron chi connectivity index (χ1n) is 6.10. The van der Waals surface area contributed by atoms with E-state index in [1.165, 1.54) is 0 Å². The molecule has 0 spiro atoms. The number of rotatable bonds is 3. The molecule has 1 aromatic rings. The van der Waals surface area contributed by atoms with Crippen molar-refractivity contribution in [3.05, 3.63) is 17.8 Å². The first-order valence-corrected chi connectivity index (χ1v) is 6.10. The molecule has 1 aliphatic rings. The van der Waals surface area contributed by atoms with Crippen molar-refractivity contribution >= 4 is 11.7 Å². The van der Waals surface area contributed by atoms with Crippen molar-refractivity contribution in [2.45, 2.75) is 19.9 Å². The number of nitrogens with one attached hydrogen (secondary N) is 1. The highest BCUT2D eigenvalue weighted by Crippen LogP contribution is 2.07. The number of ether oxygens (including phenoxy) is 1. The molecule has 1 atom stereocenters. The third-order valence-corrected chi connectivity index (χ3v) is 2.86. The van der Waals surface area contributed by atoms with Gasteiger partial charge in [-0.3, -0.25) is 4.79 Å². The summed E-state index contributed by atoms with van der Waals surface area (Å²) in [6.45, 7) is 6.25. The summed E-state index contributed by atoms with van der Waals surface area (Å²) in [6, 6.07) is 3.38. The number of anilines is 1. The van der Waals surface area contributed by atoms with Gasteiger partial charge in [0.25, 0.3) is 0 Å². The third-order valence-electron chi connectivity index (χ3n) is 2.86. The molecule has 1 unspecified atom stereocenters. The quantitative estimate of drug-likeness (QED) is 0.843. The summed E-state index contributed by atoms with van der Waals surface area (Å²) in [5, 5.41) is 11.0. The van der Waals surface area contributed by atoms with E-state index in [0.717, 1.165) is 5.69 Å². The molecule has 1 saturated heterocycles. The SMILES string of the molecule is Cc1ccc(NC(C)C(=O)N2CCOCC2)nn1. The van der Waals surface area contributed by atoms with Gasteiger partial charge in [0, 0.05) is 13.1 Å². The molecular weight excluding hydrogens is 232 g/mol. The summed E-state index contributed by atoms with van der Waals surface area (Å²) in [6.07, 6.45) is 0. The molecule has 18 heavy (non-hydrogen) atoms. The predicted molar refractivity (Wildman–Crippen MR) is 67.3 cm³/mol. The van der Waals surface area contributed by atoms with Gasteiger partial charge in [0.15, 0.2) is 0 Å². The van der Waals surface area contributed by atoms with Gasteiger partial charge in [-0.1, -0.05) is 0 Å². The van der Waals surface area contributed by atoms with Crippen molar-refractivity contribution < 1.29 is 9.53 Å². The first-order chi connectivity index (χ1) is 8.66. The van der Waals surface area contributed by atoms with Crippen LogP contribution >= 0.6 is 0 Å². The van der Waals surface area contributed by atoms with Crippen LogP contribution in [0, 0.1) is 6.92 Å². The van der Waals surface area contributed by atoms with Crippen molar-refractivity contribution in [2.75, 3.05) is 31.6 Å². The predicted octanol–water partition coefficient (Wildman–Crippen LogP) is 0.444. The van der Waals surface area contributed by atoms with Gasteiger partial charge in [-0.05, 0) is 26.0 Å². The molecule has 0 saturated carbocycles. The van der Waals surface area contributed by atoms with E-state index in [2.05, 4.69) is 15.5 Å². The maximum Gasteiger partial charge on any atom is 0.244 e. The van der Waals surface area contributed by atoms with Crippen molar-refractivity contribution in [1.29, 1.82) is 0 Å². The summed E-state index contributed by atoms with van der Waals surface area (Å²) in [7, 11) is 0. The molecule has 6 heteroatoms. The van der Waals surface area contributed by atoms with E-state index in [1.54, 1.807) is 0 Å². The van der Waals surface area contributed by atoms with E-state index < -0.39 is 0 Å². The molecule has 2 heterocycles. The second kappa shape index (κ2) is 5.77. The lowest BCUT2D eigenvalue weighted by molar-refractivity contribution is -0.135. The van der Waals surface area contributed by atoms with Gasteiger partial charge in [-0.2, -0.15) is 5.10 Å². The Kier molecular flexibility index (Phi) is 4.09. The average molecular weight is 250 g/mol. The maximum absolute atomic E-state index is 12.1. The highest BCUT2D eigenvalue weighted by molar-refractivity contribution is 5.84. The Morgan fingerprint density at radius 3 is 2.72 bits per heavy atom. The van der Waals surface area contributed by atoms with E-state index in [0.29, 0.717) is 32.1 Å². The van der Waals surface area contributed by atoms with Gasteiger partial charge in [-0.15, -0.1) is 5.10 Å². The largest absolute Gasteiger partial charge is 0.378 e. The van der Waals surface area contributed by atoms with Gasteiger partial charge >= 0.3 is 0 Å². The molecule has 0 aromatic carbocycles. The molecule has 2 rings (SSSR count). The standard InChI is InChI=1S/C12H18N4O2/c1-9-3-4-11(15-14-9)13-10(2)12(17)16-5-7-18-8-6-16/h3-4,10H,5-8H2,1-2H3,(H,13,15). The minimum atomic E-state index is -0.305. The molecule has 6 nitrogen and oxygen atoms in total.